The van der Waals surface area contributed by atoms with E-state index in [4.69, 9.17) is 0 Å². The molecule has 0 radical (unpaired) electrons. The molecule has 156 valence electrons. The highest BCUT2D eigenvalue weighted by Crippen LogP contribution is 2.30. The Morgan fingerprint density at radius 3 is 2.30 bits per heavy atom. The molecule has 0 aliphatic rings. The van der Waals surface area contributed by atoms with Crippen LogP contribution >= 0.6 is 0 Å². The summed E-state index contributed by atoms with van der Waals surface area (Å²) in [7, 11) is 0. The number of nitrogens with one attached hydrogen (secondary N) is 1. The first-order valence-corrected chi connectivity index (χ1v) is 8.88. The molecule has 3 rings (SSSR count). The van der Waals surface area contributed by atoms with Crippen LogP contribution in [0.5, 0.6) is 0 Å². The van der Waals surface area contributed by atoms with Crippen LogP contribution in [0.1, 0.15) is 22.9 Å². The van der Waals surface area contributed by atoms with E-state index in [-0.39, 0.29) is 12.0 Å². The zero-order valence-corrected chi connectivity index (χ0v) is 15.4. The molecular formula is C21H17F3N2O4. The Morgan fingerprint density at radius 1 is 1.00 bits per heavy atom. The molecule has 0 saturated heterocycles. The van der Waals surface area contributed by atoms with Gasteiger partial charge in [-0.2, -0.15) is 13.2 Å². The van der Waals surface area contributed by atoms with Gasteiger partial charge in [0.25, 0.3) is 5.91 Å². The van der Waals surface area contributed by atoms with Gasteiger partial charge in [0.05, 0.1) is 11.1 Å². The van der Waals surface area contributed by atoms with Gasteiger partial charge in [-0.3, -0.25) is 9.78 Å². The highest BCUT2D eigenvalue weighted by atomic mass is 19.4. The van der Waals surface area contributed by atoms with E-state index in [0.29, 0.717) is 11.2 Å². The maximum Gasteiger partial charge on any atom is 0.416 e. The third-order valence-electron chi connectivity index (χ3n) is 4.49. The van der Waals surface area contributed by atoms with Crippen molar-refractivity contribution in [3.05, 3.63) is 77.5 Å². The summed E-state index contributed by atoms with van der Waals surface area (Å²) in [6, 6.07) is 12.7. The number of rotatable bonds is 6. The van der Waals surface area contributed by atoms with Gasteiger partial charge in [-0.15, -0.1) is 0 Å². The number of carboxylic acid groups (broad SMARTS) is 1. The lowest BCUT2D eigenvalue weighted by Gasteiger charge is -2.18. The van der Waals surface area contributed by atoms with Crippen LogP contribution in [0.2, 0.25) is 0 Å². The number of para-hydroxylation sites is 1. The number of benzene rings is 2. The van der Waals surface area contributed by atoms with E-state index in [2.05, 4.69) is 10.3 Å². The fourth-order valence-corrected chi connectivity index (χ4v) is 2.89. The van der Waals surface area contributed by atoms with E-state index >= 15 is 0 Å². The van der Waals surface area contributed by atoms with E-state index in [9.17, 15) is 33.0 Å². The summed E-state index contributed by atoms with van der Waals surface area (Å²) in [4.78, 5) is 28.2. The number of fused-ring (bicyclic) bond motifs is 1. The van der Waals surface area contributed by atoms with Crippen LogP contribution in [0.25, 0.3) is 10.9 Å². The highest BCUT2D eigenvalue weighted by Gasteiger charge is 2.31. The van der Waals surface area contributed by atoms with Crippen molar-refractivity contribution in [1.82, 2.24) is 10.3 Å². The maximum atomic E-state index is 12.6. The van der Waals surface area contributed by atoms with Crippen molar-refractivity contribution < 1.29 is 33.0 Å². The third-order valence-corrected chi connectivity index (χ3v) is 4.49. The molecule has 0 aliphatic carbocycles. The van der Waals surface area contributed by atoms with Crippen molar-refractivity contribution in [2.75, 3.05) is 0 Å². The van der Waals surface area contributed by atoms with E-state index in [1.165, 1.54) is 0 Å². The van der Waals surface area contributed by atoms with Crippen LogP contribution in [-0.4, -0.2) is 33.1 Å². The van der Waals surface area contributed by atoms with Crippen LogP contribution < -0.4 is 5.32 Å². The van der Waals surface area contributed by atoms with Gasteiger partial charge in [0, 0.05) is 17.5 Å². The topological polar surface area (TPSA) is 99.5 Å². The molecule has 1 amide bonds. The van der Waals surface area contributed by atoms with Crippen LogP contribution in [-0.2, 0) is 22.2 Å². The van der Waals surface area contributed by atoms with Crippen LogP contribution in [0.15, 0.2) is 60.7 Å². The third kappa shape index (κ3) is 4.93. The summed E-state index contributed by atoms with van der Waals surface area (Å²) >= 11 is 0. The minimum Gasteiger partial charge on any atom is -0.480 e. The van der Waals surface area contributed by atoms with Gasteiger partial charge >= 0.3 is 12.1 Å². The molecule has 0 aliphatic heterocycles. The summed E-state index contributed by atoms with van der Waals surface area (Å²) in [6.45, 7) is 0. The second kappa shape index (κ2) is 8.50. The predicted molar refractivity (Wildman–Crippen MR) is 101 cm³/mol. The summed E-state index contributed by atoms with van der Waals surface area (Å²) in [6.07, 6.45) is -6.50. The van der Waals surface area contributed by atoms with Crippen molar-refractivity contribution in [2.45, 2.75) is 24.7 Å². The molecule has 6 nitrogen and oxygen atoms in total. The largest absolute Gasteiger partial charge is 0.480 e. The molecule has 30 heavy (non-hydrogen) atoms. The number of halogens is 3. The Balaban J connectivity index is 1.72. The van der Waals surface area contributed by atoms with E-state index in [1.54, 1.807) is 24.3 Å². The molecule has 0 fully saturated rings. The molecule has 2 aromatic carbocycles. The van der Waals surface area contributed by atoms with Crippen LogP contribution in [0.3, 0.4) is 0 Å². The highest BCUT2D eigenvalue weighted by molar-refractivity contribution is 5.87. The number of carbonyl (C=O) groups excluding carboxylic acids is 1. The van der Waals surface area contributed by atoms with Gasteiger partial charge in [0.2, 0.25) is 0 Å². The fourth-order valence-electron chi connectivity index (χ4n) is 2.89. The Bertz CT molecular complexity index is 1070. The molecule has 1 aromatic heterocycles. The van der Waals surface area contributed by atoms with Crippen molar-refractivity contribution >= 4 is 22.8 Å². The second-order valence-electron chi connectivity index (χ2n) is 6.62. The number of aliphatic carboxylic acids is 1. The van der Waals surface area contributed by atoms with Crippen LogP contribution in [0, 0.1) is 0 Å². The van der Waals surface area contributed by atoms with Crippen molar-refractivity contribution in [2.24, 2.45) is 0 Å². The van der Waals surface area contributed by atoms with Gasteiger partial charge < -0.3 is 15.5 Å². The Kier molecular flexibility index (Phi) is 6.02. The molecule has 0 saturated carbocycles. The molecule has 3 N–H and O–H groups in total. The normalized spacial score (nSPS) is 13.6. The molecule has 0 spiro atoms. The average Bonchev–Trinajstić information content (AvgIpc) is 2.72. The summed E-state index contributed by atoms with van der Waals surface area (Å²) in [5.74, 6) is -2.37. The Morgan fingerprint density at radius 2 is 1.67 bits per heavy atom. The SMILES string of the molecule is O=C(O)[C@@H](Cc1ccc2ccccc2n1)NC(=O)[C@H](O)c1ccc(C(F)(F)F)cc1. The minimum atomic E-state index is -4.55. The number of amides is 1. The Labute approximate surface area is 169 Å². The molecule has 2 atom stereocenters. The predicted octanol–water partition coefficient (Wildman–Crippen LogP) is 3.10. The number of aliphatic hydroxyl groups excluding tert-OH is 1. The summed E-state index contributed by atoms with van der Waals surface area (Å²) in [5.41, 5.74) is 0.0683. The zero-order chi connectivity index (χ0) is 21.9. The summed E-state index contributed by atoms with van der Waals surface area (Å²) in [5, 5.41) is 22.6. The smallest absolute Gasteiger partial charge is 0.416 e. The quantitative estimate of drug-likeness (QED) is 0.571. The number of aliphatic hydroxyl groups is 1. The molecule has 0 bridgehead atoms. The van der Waals surface area contributed by atoms with E-state index in [1.807, 2.05) is 12.1 Å². The van der Waals surface area contributed by atoms with Gasteiger partial charge in [-0.1, -0.05) is 36.4 Å². The first-order chi connectivity index (χ1) is 14.1. The number of pyridine rings is 1. The van der Waals surface area contributed by atoms with Gasteiger partial charge in [-0.05, 0) is 29.8 Å². The minimum absolute atomic E-state index is 0.0894. The molecule has 1 heterocycles. The van der Waals surface area contributed by atoms with E-state index in [0.717, 1.165) is 29.7 Å². The first kappa shape index (κ1) is 21.3. The number of hydrogen-bond donors (Lipinski definition) is 3. The lowest BCUT2D eigenvalue weighted by atomic mass is 10.0. The van der Waals surface area contributed by atoms with Crippen molar-refractivity contribution in [3.63, 3.8) is 0 Å². The van der Waals surface area contributed by atoms with Crippen molar-refractivity contribution in [3.8, 4) is 0 Å². The average molecular weight is 418 g/mol. The number of hydrogen-bond acceptors (Lipinski definition) is 4. The lowest BCUT2D eigenvalue weighted by Crippen LogP contribution is -2.44. The molecule has 9 heteroatoms. The Hall–Kier alpha value is -3.46. The zero-order valence-electron chi connectivity index (χ0n) is 15.4. The molecule has 0 unspecified atom stereocenters. The first-order valence-electron chi connectivity index (χ1n) is 8.88. The number of alkyl halides is 3. The molecular weight excluding hydrogens is 401 g/mol. The monoisotopic (exact) mass is 418 g/mol. The van der Waals surface area contributed by atoms with Gasteiger partial charge in [-0.25, -0.2) is 4.79 Å². The van der Waals surface area contributed by atoms with Crippen LogP contribution in [0.4, 0.5) is 13.2 Å². The second-order valence-corrected chi connectivity index (χ2v) is 6.62. The van der Waals surface area contributed by atoms with Gasteiger partial charge in [0.15, 0.2) is 6.10 Å². The number of aromatic nitrogens is 1. The maximum absolute atomic E-state index is 12.6. The number of nitrogens with zero attached hydrogens (tertiary/aromatic N) is 1. The summed E-state index contributed by atoms with van der Waals surface area (Å²) < 4.78 is 37.9. The number of carboxylic acids is 1. The van der Waals surface area contributed by atoms with Gasteiger partial charge in [0.1, 0.15) is 6.04 Å². The fraction of sp³-hybridized carbons (Fsp3) is 0.190. The van der Waals surface area contributed by atoms with Crippen molar-refractivity contribution in [1.29, 1.82) is 0 Å². The van der Waals surface area contributed by atoms with E-state index < -0.39 is 35.8 Å². The lowest BCUT2D eigenvalue weighted by molar-refractivity contribution is -0.143. The number of carbonyl (C=O) groups is 2. The molecule has 3 aromatic rings. The standard InChI is InChI=1S/C21H17F3N2O4/c22-21(23,24)14-8-5-13(6-9-14)18(27)19(28)26-17(20(29)30)11-15-10-7-12-3-1-2-4-16(12)25-15/h1-10,17-18,27H,11H2,(H,26,28)(H,29,30)/t17-,18-/m1/s1.